The van der Waals surface area contributed by atoms with E-state index >= 15 is 0 Å². The summed E-state index contributed by atoms with van der Waals surface area (Å²) in [5.74, 6) is -0.482. The van der Waals surface area contributed by atoms with Crippen molar-refractivity contribution in [2.45, 2.75) is 0 Å². The lowest BCUT2D eigenvalue weighted by atomic mass is 9.94. The van der Waals surface area contributed by atoms with E-state index in [-0.39, 0.29) is 11.9 Å². The van der Waals surface area contributed by atoms with Gasteiger partial charge in [0.2, 0.25) is 0 Å². The van der Waals surface area contributed by atoms with Crippen LogP contribution in [0.2, 0.25) is 0 Å². The number of nitrogens with zero attached hydrogens (tertiary/aromatic N) is 2. The minimum absolute atomic E-state index is 0.241. The van der Waals surface area contributed by atoms with Crippen molar-refractivity contribution in [2.24, 2.45) is 14.1 Å². The predicted molar refractivity (Wildman–Crippen MR) is 112 cm³/mol. The number of aromatic nitrogens is 2. The number of hydrogen-bond donors (Lipinski definition) is 0. The van der Waals surface area contributed by atoms with Crippen LogP contribution in [0.25, 0.3) is 54.1 Å². The van der Waals surface area contributed by atoms with Gasteiger partial charge < -0.3 is 9.13 Å². The van der Waals surface area contributed by atoms with Gasteiger partial charge in [-0.2, -0.15) is 8.78 Å². The summed E-state index contributed by atoms with van der Waals surface area (Å²) < 4.78 is 31.3. The topological polar surface area (TPSA) is 9.86 Å². The van der Waals surface area contributed by atoms with Gasteiger partial charge in [0, 0.05) is 37.0 Å². The maximum absolute atomic E-state index is 14.1. The first kappa shape index (κ1) is 15.6. The molecule has 6 aromatic rings. The molecule has 2 nitrogen and oxygen atoms in total. The minimum atomic E-state index is -0.241. The summed E-state index contributed by atoms with van der Waals surface area (Å²) in [7, 11) is 3.48. The van der Waals surface area contributed by atoms with Gasteiger partial charge in [0.25, 0.3) is 0 Å². The van der Waals surface area contributed by atoms with E-state index in [2.05, 4.69) is 36.4 Å². The molecule has 28 heavy (non-hydrogen) atoms. The summed E-state index contributed by atoms with van der Waals surface area (Å²) in [5.41, 5.74) is 1.76. The highest BCUT2D eigenvalue weighted by atomic mass is 19.1. The molecule has 0 aliphatic carbocycles. The fourth-order valence-electron chi connectivity index (χ4n) is 4.61. The van der Waals surface area contributed by atoms with E-state index in [1.807, 2.05) is 12.1 Å². The Kier molecular flexibility index (Phi) is 2.85. The van der Waals surface area contributed by atoms with Gasteiger partial charge >= 0.3 is 0 Å². The summed E-state index contributed by atoms with van der Waals surface area (Å²) in [5, 5.41) is 8.33. The van der Waals surface area contributed by atoms with Gasteiger partial charge in [-0.25, -0.2) is 0 Å². The van der Waals surface area contributed by atoms with Gasteiger partial charge in [0.05, 0.1) is 11.0 Å². The molecule has 0 aliphatic rings. The van der Waals surface area contributed by atoms with E-state index < -0.39 is 0 Å². The molecule has 0 saturated carbocycles. The first-order chi connectivity index (χ1) is 13.5. The highest BCUT2D eigenvalue weighted by Gasteiger charge is 2.13. The fraction of sp³-hybridized carbons (Fsp3) is 0.0833. The summed E-state index contributed by atoms with van der Waals surface area (Å²) in [6.07, 6.45) is 0. The van der Waals surface area contributed by atoms with E-state index in [1.165, 1.54) is 0 Å². The van der Waals surface area contributed by atoms with E-state index in [9.17, 15) is 8.78 Å². The van der Waals surface area contributed by atoms with E-state index in [0.717, 1.165) is 54.1 Å². The van der Waals surface area contributed by atoms with Gasteiger partial charge in [0.15, 0.2) is 11.9 Å². The molecule has 0 N–H and O–H groups in total. The standard InChI is InChI=1S/C24H16F2N2/c1-27-21-9-7-15-13-4-6-18-16(8-10-22-20(18)12-24(26)28(22)2)14(13)3-5-17(15)19(21)11-23(27)25/h3-12H,1-2H3. The summed E-state index contributed by atoms with van der Waals surface area (Å²) in [4.78, 5) is 0. The molecule has 0 fully saturated rings. The van der Waals surface area contributed by atoms with Crippen LogP contribution in [0.5, 0.6) is 0 Å². The highest BCUT2D eigenvalue weighted by Crippen LogP contribution is 2.37. The maximum atomic E-state index is 14.1. The van der Waals surface area contributed by atoms with Crippen molar-refractivity contribution < 1.29 is 8.78 Å². The summed E-state index contributed by atoms with van der Waals surface area (Å²) in [6, 6.07) is 19.6. The highest BCUT2D eigenvalue weighted by molar-refractivity contribution is 6.24. The lowest BCUT2D eigenvalue weighted by molar-refractivity contribution is 0.542. The number of benzene rings is 4. The molecule has 0 unspecified atom stereocenters. The zero-order valence-corrected chi connectivity index (χ0v) is 15.4. The Labute approximate surface area is 159 Å². The van der Waals surface area contributed by atoms with Gasteiger partial charge in [-0.15, -0.1) is 0 Å². The van der Waals surface area contributed by atoms with Crippen molar-refractivity contribution in [1.82, 2.24) is 9.13 Å². The van der Waals surface area contributed by atoms with Crippen molar-refractivity contribution in [2.75, 3.05) is 0 Å². The molecule has 136 valence electrons. The van der Waals surface area contributed by atoms with Crippen LogP contribution in [0.1, 0.15) is 0 Å². The second-order valence-electron chi connectivity index (χ2n) is 7.47. The number of halogens is 2. The van der Waals surface area contributed by atoms with E-state index in [4.69, 9.17) is 0 Å². The molecule has 0 amide bonds. The molecule has 6 rings (SSSR count). The molecule has 0 saturated heterocycles. The second kappa shape index (κ2) is 5.10. The van der Waals surface area contributed by atoms with E-state index in [0.29, 0.717) is 0 Å². The molecule has 4 heteroatoms. The minimum Gasteiger partial charge on any atom is -0.321 e. The third kappa shape index (κ3) is 1.80. The average molecular weight is 370 g/mol. The van der Waals surface area contributed by atoms with Gasteiger partial charge in [0.1, 0.15) is 0 Å². The number of hydrogen-bond acceptors (Lipinski definition) is 0. The predicted octanol–water partition coefficient (Wildman–Crippen LogP) is 6.41. The van der Waals surface area contributed by atoms with Crippen LogP contribution >= 0.6 is 0 Å². The Morgan fingerprint density at radius 3 is 1.11 bits per heavy atom. The quantitative estimate of drug-likeness (QED) is 0.274. The Bertz CT molecular complexity index is 1480. The maximum Gasteiger partial charge on any atom is 0.194 e. The monoisotopic (exact) mass is 370 g/mol. The summed E-state index contributed by atoms with van der Waals surface area (Å²) >= 11 is 0. The summed E-state index contributed by atoms with van der Waals surface area (Å²) in [6.45, 7) is 0. The van der Waals surface area contributed by atoms with E-state index in [1.54, 1.807) is 35.4 Å². The Hall–Kier alpha value is -3.40. The number of fused-ring (bicyclic) bond motifs is 9. The molecule has 0 radical (unpaired) electrons. The SMILES string of the molecule is Cn1c(F)cc2c3ccc4c(ccc5c4ccc4c5cc(F)n4C)c3ccc21. The van der Waals surface area contributed by atoms with Gasteiger partial charge in [-0.3, -0.25) is 0 Å². The lowest BCUT2D eigenvalue weighted by Crippen LogP contribution is -1.90. The number of rotatable bonds is 0. The smallest absolute Gasteiger partial charge is 0.194 e. The van der Waals surface area contributed by atoms with Crippen LogP contribution in [0.4, 0.5) is 8.78 Å². The van der Waals surface area contributed by atoms with Crippen LogP contribution in [0, 0.1) is 11.9 Å². The Balaban J connectivity index is 1.78. The zero-order chi connectivity index (χ0) is 19.2. The van der Waals surface area contributed by atoms with Gasteiger partial charge in [-0.05, 0) is 44.5 Å². The van der Waals surface area contributed by atoms with Crippen LogP contribution in [0.15, 0.2) is 60.7 Å². The fourth-order valence-corrected chi connectivity index (χ4v) is 4.61. The van der Waals surface area contributed by atoms with Gasteiger partial charge in [-0.1, -0.05) is 36.4 Å². The molecular formula is C24H16F2N2. The molecule has 2 heterocycles. The first-order valence-corrected chi connectivity index (χ1v) is 9.21. The third-order valence-corrected chi connectivity index (χ3v) is 6.12. The number of aryl methyl sites for hydroxylation is 2. The molecule has 0 spiro atoms. The normalized spacial score (nSPS) is 12.3. The molecule has 0 atom stereocenters. The van der Waals surface area contributed by atoms with Crippen molar-refractivity contribution in [1.29, 1.82) is 0 Å². The van der Waals surface area contributed by atoms with Crippen LogP contribution < -0.4 is 0 Å². The van der Waals surface area contributed by atoms with Crippen LogP contribution in [-0.4, -0.2) is 9.13 Å². The second-order valence-corrected chi connectivity index (χ2v) is 7.47. The molecule has 0 aliphatic heterocycles. The Morgan fingerprint density at radius 1 is 0.464 bits per heavy atom. The molecule has 4 aromatic carbocycles. The average Bonchev–Trinajstić information content (AvgIpc) is 3.17. The van der Waals surface area contributed by atoms with Crippen molar-refractivity contribution in [3.05, 3.63) is 72.6 Å². The zero-order valence-electron chi connectivity index (χ0n) is 15.4. The van der Waals surface area contributed by atoms with Crippen molar-refractivity contribution >= 4 is 54.1 Å². The first-order valence-electron chi connectivity index (χ1n) is 9.21. The third-order valence-electron chi connectivity index (χ3n) is 6.12. The van der Waals surface area contributed by atoms with Crippen LogP contribution in [-0.2, 0) is 14.1 Å². The Morgan fingerprint density at radius 2 is 0.750 bits per heavy atom. The molecule has 2 aromatic heterocycles. The largest absolute Gasteiger partial charge is 0.321 e. The van der Waals surface area contributed by atoms with Crippen molar-refractivity contribution in [3.8, 4) is 0 Å². The molecular weight excluding hydrogens is 354 g/mol. The lowest BCUT2D eigenvalue weighted by Gasteiger charge is -2.10. The molecule has 0 bridgehead atoms. The van der Waals surface area contributed by atoms with Crippen LogP contribution in [0.3, 0.4) is 0 Å². The van der Waals surface area contributed by atoms with Crippen molar-refractivity contribution in [3.63, 3.8) is 0 Å².